The number of nitrogens with two attached hydrogens (primary N) is 1. The number of allylic oxidation sites excluding steroid dienone is 2. The first-order valence-electron chi connectivity index (χ1n) is 8.93. The number of benzene rings is 1. The van der Waals surface area contributed by atoms with Crippen LogP contribution in [-0.4, -0.2) is 24.0 Å². The zero-order valence-electron chi connectivity index (χ0n) is 15.6. The van der Waals surface area contributed by atoms with Crippen molar-refractivity contribution >= 4 is 0 Å². The summed E-state index contributed by atoms with van der Waals surface area (Å²) in [4.78, 5) is 2.11. The van der Waals surface area contributed by atoms with Crippen molar-refractivity contribution in [1.29, 1.82) is 15.8 Å². The molecule has 0 fully saturated rings. The lowest BCUT2D eigenvalue weighted by molar-refractivity contribution is 0.172. The van der Waals surface area contributed by atoms with Gasteiger partial charge in [-0.05, 0) is 31.1 Å². The predicted molar refractivity (Wildman–Crippen MR) is 97.9 cm³/mol. The van der Waals surface area contributed by atoms with Gasteiger partial charge in [0.25, 0.3) is 0 Å². The van der Waals surface area contributed by atoms with E-state index in [0.717, 1.165) is 12.1 Å². The minimum atomic E-state index is -1.92. The van der Waals surface area contributed by atoms with E-state index in [0.29, 0.717) is 18.7 Å². The molecule has 2 N–H and O–H groups in total. The summed E-state index contributed by atoms with van der Waals surface area (Å²) in [7, 11) is 0. The average molecular weight is 379 g/mol. The van der Waals surface area contributed by atoms with Gasteiger partial charge < -0.3 is 5.73 Å². The summed E-state index contributed by atoms with van der Waals surface area (Å²) >= 11 is 0. The van der Waals surface area contributed by atoms with Crippen molar-refractivity contribution in [1.82, 2.24) is 4.90 Å². The zero-order chi connectivity index (χ0) is 20.6. The Morgan fingerprint density at radius 3 is 2.43 bits per heavy atom. The topological polar surface area (TPSA) is 101 Å². The molecule has 2 atom stereocenters. The van der Waals surface area contributed by atoms with Crippen LogP contribution in [0.25, 0.3) is 0 Å². The standard InChI is InChI=1S/C21H19F2N5/c1-12(2)28-6-5-14-16(8-24)20(27)21(10-25,11-26)19(17(14)9-28)15-4-3-13(22)7-18(15)23/h3-5,7,12,17,19H,6,9,27H2,1-2H3/t17-,19+/m0/s1. The van der Waals surface area contributed by atoms with Crippen molar-refractivity contribution in [3.8, 4) is 18.2 Å². The van der Waals surface area contributed by atoms with Gasteiger partial charge in [-0.3, -0.25) is 4.90 Å². The lowest BCUT2D eigenvalue weighted by Gasteiger charge is -2.46. The molecule has 0 saturated carbocycles. The molecule has 0 amide bonds. The molecular formula is C21H19F2N5. The van der Waals surface area contributed by atoms with Crippen molar-refractivity contribution < 1.29 is 8.78 Å². The molecule has 0 aromatic heterocycles. The maximum Gasteiger partial charge on any atom is 0.191 e. The third-order valence-corrected chi connectivity index (χ3v) is 5.72. The molecule has 142 valence electrons. The maximum absolute atomic E-state index is 14.8. The number of hydrogen-bond acceptors (Lipinski definition) is 5. The largest absolute Gasteiger partial charge is 0.399 e. The van der Waals surface area contributed by atoms with Gasteiger partial charge >= 0.3 is 0 Å². The van der Waals surface area contributed by atoms with Crippen LogP contribution in [0.15, 0.2) is 41.1 Å². The van der Waals surface area contributed by atoms with Crippen molar-refractivity contribution in [2.45, 2.75) is 25.8 Å². The molecule has 28 heavy (non-hydrogen) atoms. The Morgan fingerprint density at radius 2 is 1.89 bits per heavy atom. The molecule has 0 bridgehead atoms. The van der Waals surface area contributed by atoms with Crippen LogP contribution >= 0.6 is 0 Å². The molecule has 0 saturated heterocycles. The molecule has 1 aromatic rings. The Morgan fingerprint density at radius 1 is 1.21 bits per heavy atom. The van der Waals surface area contributed by atoms with E-state index in [1.165, 1.54) is 6.07 Å². The number of halogens is 2. The highest BCUT2D eigenvalue weighted by atomic mass is 19.1. The van der Waals surface area contributed by atoms with Crippen LogP contribution < -0.4 is 5.73 Å². The highest BCUT2D eigenvalue weighted by Gasteiger charge is 2.55. The molecule has 0 spiro atoms. The summed E-state index contributed by atoms with van der Waals surface area (Å²) in [5.74, 6) is -3.06. The maximum atomic E-state index is 14.8. The fourth-order valence-corrected chi connectivity index (χ4v) is 4.22. The number of rotatable bonds is 2. The Bertz CT molecular complexity index is 989. The fraction of sp³-hybridized carbons (Fsp3) is 0.381. The van der Waals surface area contributed by atoms with Crippen LogP contribution in [0.2, 0.25) is 0 Å². The summed E-state index contributed by atoms with van der Waals surface area (Å²) in [6.07, 6.45) is 1.85. The molecule has 1 aliphatic carbocycles. The third kappa shape index (κ3) is 2.74. The van der Waals surface area contributed by atoms with Crippen molar-refractivity contribution in [2.24, 2.45) is 17.1 Å². The lowest BCUT2D eigenvalue weighted by atomic mass is 9.58. The van der Waals surface area contributed by atoms with E-state index in [-0.39, 0.29) is 22.9 Å². The predicted octanol–water partition coefficient (Wildman–Crippen LogP) is 3.10. The van der Waals surface area contributed by atoms with Gasteiger partial charge in [-0.1, -0.05) is 12.1 Å². The van der Waals surface area contributed by atoms with E-state index >= 15 is 0 Å². The monoisotopic (exact) mass is 379 g/mol. The highest BCUT2D eigenvalue weighted by Crippen LogP contribution is 2.54. The van der Waals surface area contributed by atoms with Crippen LogP contribution in [-0.2, 0) is 0 Å². The number of hydrogen-bond donors (Lipinski definition) is 1. The summed E-state index contributed by atoms with van der Waals surface area (Å²) in [6.45, 7) is 5.01. The van der Waals surface area contributed by atoms with E-state index in [9.17, 15) is 24.6 Å². The molecule has 1 aromatic carbocycles. The molecule has 3 rings (SSSR count). The Labute approximate surface area is 162 Å². The van der Waals surface area contributed by atoms with Gasteiger partial charge in [-0.15, -0.1) is 0 Å². The second-order valence-corrected chi connectivity index (χ2v) is 7.39. The van der Waals surface area contributed by atoms with Gasteiger partial charge in [0.1, 0.15) is 17.7 Å². The minimum absolute atomic E-state index is 0.0472. The summed E-state index contributed by atoms with van der Waals surface area (Å²) in [5, 5.41) is 29.5. The van der Waals surface area contributed by atoms with Crippen LogP contribution in [0.3, 0.4) is 0 Å². The van der Waals surface area contributed by atoms with Crippen molar-refractivity contribution in [2.75, 3.05) is 13.1 Å². The second-order valence-electron chi connectivity index (χ2n) is 7.39. The molecular weight excluding hydrogens is 360 g/mol. The first kappa shape index (κ1) is 19.5. The van der Waals surface area contributed by atoms with Gasteiger partial charge in [0.05, 0.1) is 23.4 Å². The first-order valence-corrected chi connectivity index (χ1v) is 8.93. The summed E-state index contributed by atoms with van der Waals surface area (Å²) in [6, 6.07) is 9.19. The highest BCUT2D eigenvalue weighted by molar-refractivity contribution is 5.59. The van der Waals surface area contributed by atoms with Crippen LogP contribution in [0.4, 0.5) is 8.78 Å². The van der Waals surface area contributed by atoms with Gasteiger partial charge in [0, 0.05) is 37.0 Å². The molecule has 1 heterocycles. The van der Waals surface area contributed by atoms with Crippen LogP contribution in [0.5, 0.6) is 0 Å². The first-order chi connectivity index (χ1) is 13.3. The van der Waals surface area contributed by atoms with E-state index < -0.39 is 28.9 Å². The van der Waals surface area contributed by atoms with E-state index in [4.69, 9.17) is 5.73 Å². The number of nitrogens with zero attached hydrogens (tertiary/aromatic N) is 4. The number of fused-ring (bicyclic) bond motifs is 1. The molecule has 0 radical (unpaired) electrons. The van der Waals surface area contributed by atoms with Crippen LogP contribution in [0.1, 0.15) is 25.3 Å². The van der Waals surface area contributed by atoms with Gasteiger partial charge in [-0.25, -0.2) is 8.78 Å². The number of nitriles is 3. The molecule has 7 heteroatoms. The zero-order valence-corrected chi connectivity index (χ0v) is 15.6. The lowest BCUT2D eigenvalue weighted by Crippen LogP contribution is -2.49. The Balaban J connectivity index is 2.33. The second kappa shape index (κ2) is 7.08. The molecule has 1 aliphatic heterocycles. The van der Waals surface area contributed by atoms with Crippen LogP contribution in [0, 0.1) is 57.0 Å². The quantitative estimate of drug-likeness (QED) is 0.851. The van der Waals surface area contributed by atoms with E-state index in [2.05, 4.69) is 4.90 Å². The van der Waals surface area contributed by atoms with E-state index in [1.807, 2.05) is 38.1 Å². The van der Waals surface area contributed by atoms with Gasteiger partial charge in [0.2, 0.25) is 0 Å². The average Bonchev–Trinajstić information content (AvgIpc) is 2.67. The SMILES string of the molecule is CC(C)N1CC=C2C(C#N)=C(N)C(C#N)(C#N)[C@H](c3ccc(F)cc3F)[C@H]2C1. The summed E-state index contributed by atoms with van der Waals surface area (Å²) in [5.41, 5.74) is 4.83. The summed E-state index contributed by atoms with van der Waals surface area (Å²) < 4.78 is 28.3. The molecule has 2 aliphatic rings. The minimum Gasteiger partial charge on any atom is -0.399 e. The van der Waals surface area contributed by atoms with Gasteiger partial charge in [-0.2, -0.15) is 15.8 Å². The van der Waals surface area contributed by atoms with Crippen molar-refractivity contribution in [3.05, 3.63) is 58.3 Å². The Kier molecular flexibility index (Phi) is 4.94. The Hall–Kier alpha value is -3.21. The van der Waals surface area contributed by atoms with E-state index in [1.54, 1.807) is 0 Å². The van der Waals surface area contributed by atoms with Crippen molar-refractivity contribution in [3.63, 3.8) is 0 Å². The molecule has 0 unspecified atom stereocenters. The molecule has 5 nitrogen and oxygen atoms in total. The normalized spacial score (nSPS) is 24.0. The fourth-order valence-electron chi connectivity index (χ4n) is 4.22. The third-order valence-electron chi connectivity index (χ3n) is 5.72. The smallest absolute Gasteiger partial charge is 0.191 e. The van der Waals surface area contributed by atoms with Gasteiger partial charge in [0.15, 0.2) is 5.41 Å².